The number of hydrogen-bond acceptors (Lipinski definition) is 4. The van der Waals surface area contributed by atoms with Crippen LogP contribution in [0, 0.1) is 0 Å². The molecule has 0 amide bonds. The van der Waals surface area contributed by atoms with E-state index in [4.69, 9.17) is 10.2 Å². The molecule has 0 aliphatic heterocycles. The van der Waals surface area contributed by atoms with Crippen molar-refractivity contribution in [1.29, 1.82) is 0 Å². The van der Waals surface area contributed by atoms with Gasteiger partial charge in [-0.25, -0.2) is 0 Å². The summed E-state index contributed by atoms with van der Waals surface area (Å²) < 4.78 is 24.0. The lowest BCUT2D eigenvalue weighted by Gasteiger charge is -2.10. The molecule has 1 unspecified atom stereocenters. The highest BCUT2D eigenvalue weighted by Gasteiger charge is 2.05. The van der Waals surface area contributed by atoms with Crippen LogP contribution in [0.1, 0.15) is 0 Å². The van der Waals surface area contributed by atoms with Gasteiger partial charge in [-0.1, -0.05) is 11.8 Å². The van der Waals surface area contributed by atoms with E-state index in [2.05, 4.69) is 5.32 Å². The van der Waals surface area contributed by atoms with Crippen molar-refractivity contribution in [2.24, 2.45) is 0 Å². The highest BCUT2D eigenvalue weighted by molar-refractivity contribution is 7.99. The molecule has 0 aromatic heterocycles. The van der Waals surface area contributed by atoms with Crippen LogP contribution in [-0.2, 0) is 0 Å². The van der Waals surface area contributed by atoms with Crippen LogP contribution in [0.3, 0.4) is 0 Å². The molecule has 3 N–H and O–H groups in total. The van der Waals surface area contributed by atoms with E-state index < -0.39 is 11.9 Å². The van der Waals surface area contributed by atoms with Crippen molar-refractivity contribution in [3.63, 3.8) is 0 Å². The van der Waals surface area contributed by atoms with Crippen LogP contribution in [0.15, 0.2) is 29.2 Å². The largest absolute Gasteiger partial charge is 0.394 e. The Morgan fingerprint density at radius 3 is 2.38 bits per heavy atom. The van der Waals surface area contributed by atoms with E-state index in [9.17, 15) is 8.78 Å². The number of benzene rings is 1. The molecule has 0 saturated heterocycles. The van der Waals surface area contributed by atoms with Crippen molar-refractivity contribution in [3.05, 3.63) is 24.3 Å². The van der Waals surface area contributed by atoms with Crippen LogP contribution in [0.25, 0.3) is 0 Å². The second-order valence-corrected chi connectivity index (χ2v) is 4.18. The van der Waals surface area contributed by atoms with E-state index in [1.807, 2.05) is 0 Å². The SMILES string of the molecule is OCC(O)CNc1ccc(SC(F)F)cc1. The van der Waals surface area contributed by atoms with Gasteiger partial charge in [-0.15, -0.1) is 0 Å². The van der Waals surface area contributed by atoms with Crippen molar-refractivity contribution in [2.45, 2.75) is 16.8 Å². The maximum atomic E-state index is 12.0. The molecule has 0 aliphatic carbocycles. The summed E-state index contributed by atoms with van der Waals surface area (Å²) >= 11 is 0.486. The summed E-state index contributed by atoms with van der Waals surface area (Å²) in [6.07, 6.45) is -0.824. The Kier molecular flexibility index (Phi) is 5.51. The van der Waals surface area contributed by atoms with Crippen molar-refractivity contribution >= 4 is 17.4 Å². The molecule has 1 rings (SSSR count). The van der Waals surface area contributed by atoms with Gasteiger partial charge >= 0.3 is 0 Å². The van der Waals surface area contributed by atoms with Crippen LogP contribution in [0.4, 0.5) is 14.5 Å². The normalized spacial score (nSPS) is 12.8. The lowest BCUT2D eigenvalue weighted by atomic mass is 10.3. The number of rotatable bonds is 6. The number of hydrogen-bond donors (Lipinski definition) is 3. The van der Waals surface area contributed by atoms with Gasteiger partial charge in [0, 0.05) is 17.1 Å². The first kappa shape index (κ1) is 13.2. The number of thioether (sulfide) groups is 1. The zero-order valence-electron chi connectivity index (χ0n) is 8.44. The summed E-state index contributed by atoms with van der Waals surface area (Å²) in [6.45, 7) is -0.0931. The predicted octanol–water partition coefficient (Wildman–Crippen LogP) is 1.77. The molecule has 0 heterocycles. The van der Waals surface area contributed by atoms with Gasteiger partial charge in [-0.3, -0.25) is 0 Å². The van der Waals surface area contributed by atoms with Crippen molar-refractivity contribution in [3.8, 4) is 0 Å². The average Bonchev–Trinajstić information content (AvgIpc) is 2.27. The monoisotopic (exact) mass is 249 g/mol. The summed E-state index contributed by atoms with van der Waals surface area (Å²) in [5.41, 5.74) is 0.714. The average molecular weight is 249 g/mol. The molecule has 0 saturated carbocycles. The fourth-order valence-electron chi connectivity index (χ4n) is 1.05. The molecule has 6 heteroatoms. The summed E-state index contributed by atoms with van der Waals surface area (Å²) in [6, 6.07) is 6.44. The quantitative estimate of drug-likeness (QED) is 0.672. The minimum absolute atomic E-state index is 0.220. The Hall–Kier alpha value is -0.850. The molecular weight excluding hydrogens is 236 g/mol. The second kappa shape index (κ2) is 6.67. The molecule has 0 aliphatic rings. The summed E-state index contributed by atoms with van der Waals surface area (Å²) in [5.74, 6) is -2.42. The van der Waals surface area contributed by atoms with Crippen molar-refractivity contribution < 1.29 is 19.0 Å². The summed E-state index contributed by atoms with van der Waals surface area (Å²) in [5, 5.41) is 20.5. The highest BCUT2D eigenvalue weighted by Crippen LogP contribution is 2.26. The van der Waals surface area contributed by atoms with Gasteiger partial charge in [-0.05, 0) is 24.3 Å². The third kappa shape index (κ3) is 4.78. The molecule has 0 fully saturated rings. The first-order chi connectivity index (χ1) is 7.61. The van der Waals surface area contributed by atoms with Crippen molar-refractivity contribution in [2.75, 3.05) is 18.5 Å². The van der Waals surface area contributed by atoms with Gasteiger partial charge in [0.25, 0.3) is 5.76 Å². The fourth-order valence-corrected chi connectivity index (χ4v) is 1.55. The van der Waals surface area contributed by atoms with Gasteiger partial charge < -0.3 is 15.5 Å². The smallest absolute Gasteiger partial charge is 0.288 e. The minimum atomic E-state index is -2.42. The molecule has 1 aromatic carbocycles. The number of alkyl halides is 2. The Morgan fingerprint density at radius 1 is 1.25 bits per heavy atom. The molecular formula is C10H13F2NO2S. The number of anilines is 1. The zero-order valence-corrected chi connectivity index (χ0v) is 9.25. The molecule has 0 bridgehead atoms. The fraction of sp³-hybridized carbons (Fsp3) is 0.400. The van der Waals surface area contributed by atoms with Gasteiger partial charge in [0.05, 0.1) is 12.7 Å². The number of halogens is 2. The maximum absolute atomic E-state index is 12.0. The van der Waals surface area contributed by atoms with E-state index >= 15 is 0 Å². The standard InChI is InChI=1S/C10H13F2NO2S/c11-10(12)16-9-3-1-7(2-4-9)13-5-8(15)6-14/h1-4,8,10,13-15H,5-6H2. The Bertz CT molecular complexity index is 308. The number of nitrogens with one attached hydrogen (secondary N) is 1. The number of aliphatic hydroxyl groups excluding tert-OH is 2. The minimum Gasteiger partial charge on any atom is -0.394 e. The van der Waals surface area contributed by atoms with Gasteiger partial charge in [0.1, 0.15) is 0 Å². The second-order valence-electron chi connectivity index (χ2n) is 3.12. The lowest BCUT2D eigenvalue weighted by molar-refractivity contribution is 0.105. The molecule has 0 spiro atoms. The van der Waals surface area contributed by atoms with Crippen molar-refractivity contribution in [1.82, 2.24) is 0 Å². The van der Waals surface area contributed by atoms with Crippen LogP contribution in [0.5, 0.6) is 0 Å². The van der Waals surface area contributed by atoms with E-state index in [-0.39, 0.29) is 13.2 Å². The van der Waals surface area contributed by atoms with Gasteiger partial charge in [-0.2, -0.15) is 8.78 Å². The van der Waals surface area contributed by atoms with E-state index in [0.29, 0.717) is 22.3 Å². The predicted molar refractivity (Wildman–Crippen MR) is 59.9 cm³/mol. The summed E-state index contributed by atoms with van der Waals surface area (Å²) in [7, 11) is 0. The third-order valence-electron chi connectivity index (χ3n) is 1.83. The van der Waals surface area contributed by atoms with E-state index in [1.165, 1.54) is 0 Å². The lowest BCUT2D eigenvalue weighted by Crippen LogP contribution is -2.22. The van der Waals surface area contributed by atoms with Crippen LogP contribution in [0.2, 0.25) is 0 Å². The Labute approximate surface area is 96.5 Å². The van der Waals surface area contributed by atoms with Crippen LogP contribution in [-0.4, -0.2) is 35.2 Å². The zero-order chi connectivity index (χ0) is 12.0. The molecule has 16 heavy (non-hydrogen) atoms. The molecule has 1 atom stereocenters. The van der Waals surface area contributed by atoms with Crippen LogP contribution >= 0.6 is 11.8 Å². The van der Waals surface area contributed by atoms with Crippen LogP contribution < -0.4 is 5.32 Å². The molecule has 90 valence electrons. The first-order valence-electron chi connectivity index (χ1n) is 4.69. The molecule has 0 radical (unpaired) electrons. The maximum Gasteiger partial charge on any atom is 0.288 e. The van der Waals surface area contributed by atoms with E-state index in [0.717, 1.165) is 0 Å². The van der Waals surface area contributed by atoms with Gasteiger partial charge in [0.15, 0.2) is 0 Å². The highest BCUT2D eigenvalue weighted by atomic mass is 32.2. The molecule has 3 nitrogen and oxygen atoms in total. The first-order valence-corrected chi connectivity index (χ1v) is 5.57. The van der Waals surface area contributed by atoms with E-state index in [1.54, 1.807) is 24.3 Å². The third-order valence-corrected chi connectivity index (χ3v) is 2.55. The molecule has 1 aromatic rings. The van der Waals surface area contributed by atoms with Gasteiger partial charge in [0.2, 0.25) is 0 Å². The summed E-state index contributed by atoms with van der Waals surface area (Å²) in [4.78, 5) is 0.489. The Morgan fingerprint density at radius 2 is 1.88 bits per heavy atom. The Balaban J connectivity index is 2.45. The number of aliphatic hydroxyl groups is 2. The topological polar surface area (TPSA) is 52.5 Å².